The number of anilines is 1. The molecule has 0 atom stereocenters. The maximum atomic E-state index is 12.8. The standard InChI is InChI=1S/C23H18Br2F3N3O2/c24-19-9-16(10-20(25)22(19)33-14-15-5-2-1-3-6-15)12-30-31-21(32)13-29-18-8-4-7-17(11-18)23(26,27)28/h1-12,29H,13-14H2,(H,31,32)/b30-12-. The van der Waals surface area contributed by atoms with Gasteiger partial charge in [0.1, 0.15) is 12.4 Å². The number of halogens is 5. The molecular formula is C23H18Br2F3N3O2. The molecule has 0 fully saturated rings. The van der Waals surface area contributed by atoms with E-state index in [4.69, 9.17) is 4.74 Å². The number of hydrogen-bond acceptors (Lipinski definition) is 4. The molecule has 0 heterocycles. The van der Waals surface area contributed by atoms with Crippen LogP contribution in [0.2, 0.25) is 0 Å². The van der Waals surface area contributed by atoms with Crippen LogP contribution < -0.4 is 15.5 Å². The number of carbonyl (C=O) groups is 1. The molecule has 3 aromatic carbocycles. The second kappa shape index (κ2) is 11.3. The van der Waals surface area contributed by atoms with E-state index in [9.17, 15) is 18.0 Å². The van der Waals surface area contributed by atoms with Crippen LogP contribution in [0.5, 0.6) is 5.75 Å². The summed E-state index contributed by atoms with van der Waals surface area (Å²) in [4.78, 5) is 11.9. The number of carbonyl (C=O) groups excluding carboxylic acids is 1. The Kier molecular flexibility index (Phi) is 8.51. The molecule has 5 nitrogen and oxygen atoms in total. The van der Waals surface area contributed by atoms with Gasteiger partial charge in [0, 0.05) is 5.69 Å². The molecule has 0 aliphatic heterocycles. The first-order valence-electron chi connectivity index (χ1n) is 9.61. The Hall–Kier alpha value is -2.85. The average Bonchev–Trinajstić information content (AvgIpc) is 2.77. The zero-order valence-corrected chi connectivity index (χ0v) is 20.2. The molecule has 3 rings (SSSR count). The van der Waals surface area contributed by atoms with Gasteiger partial charge in [-0.3, -0.25) is 4.79 Å². The predicted molar refractivity (Wildman–Crippen MR) is 128 cm³/mol. The van der Waals surface area contributed by atoms with Crippen LogP contribution in [0.1, 0.15) is 16.7 Å². The molecule has 0 radical (unpaired) electrons. The van der Waals surface area contributed by atoms with E-state index >= 15 is 0 Å². The maximum absolute atomic E-state index is 12.8. The molecule has 0 unspecified atom stereocenters. The first-order valence-corrected chi connectivity index (χ1v) is 11.2. The Morgan fingerprint density at radius 2 is 1.70 bits per heavy atom. The van der Waals surface area contributed by atoms with Crippen molar-refractivity contribution < 1.29 is 22.7 Å². The molecule has 10 heteroatoms. The molecule has 3 aromatic rings. The van der Waals surface area contributed by atoms with Crippen molar-refractivity contribution in [2.45, 2.75) is 12.8 Å². The topological polar surface area (TPSA) is 62.7 Å². The number of hydrazone groups is 1. The highest BCUT2D eigenvalue weighted by Gasteiger charge is 2.30. The number of ether oxygens (including phenoxy) is 1. The van der Waals surface area contributed by atoms with Crippen LogP contribution in [-0.4, -0.2) is 18.7 Å². The van der Waals surface area contributed by atoms with Gasteiger partial charge in [-0.05, 0) is 73.3 Å². The lowest BCUT2D eigenvalue weighted by molar-refractivity contribution is -0.137. The number of amides is 1. The molecule has 1 amide bonds. The van der Waals surface area contributed by atoms with Gasteiger partial charge in [0.25, 0.3) is 5.91 Å². The molecule has 172 valence electrons. The summed E-state index contributed by atoms with van der Waals surface area (Å²) in [7, 11) is 0. The summed E-state index contributed by atoms with van der Waals surface area (Å²) in [5.41, 5.74) is 3.44. The highest BCUT2D eigenvalue weighted by atomic mass is 79.9. The largest absolute Gasteiger partial charge is 0.487 e. The Morgan fingerprint density at radius 1 is 1.00 bits per heavy atom. The third kappa shape index (κ3) is 7.61. The van der Waals surface area contributed by atoms with Gasteiger partial charge >= 0.3 is 6.18 Å². The minimum absolute atomic E-state index is 0.183. The molecule has 0 saturated carbocycles. The molecule has 0 aromatic heterocycles. The Morgan fingerprint density at radius 3 is 2.36 bits per heavy atom. The first-order chi connectivity index (χ1) is 15.7. The van der Waals surface area contributed by atoms with Crippen LogP contribution in [0.15, 0.2) is 80.8 Å². The van der Waals surface area contributed by atoms with Gasteiger partial charge in [0.05, 0.1) is 27.3 Å². The summed E-state index contributed by atoms with van der Waals surface area (Å²) >= 11 is 6.94. The lowest BCUT2D eigenvalue weighted by Crippen LogP contribution is -2.26. The lowest BCUT2D eigenvalue weighted by atomic mass is 10.2. The number of hydrogen-bond donors (Lipinski definition) is 2. The fourth-order valence-electron chi connectivity index (χ4n) is 2.73. The van der Waals surface area contributed by atoms with Crippen molar-refractivity contribution in [3.05, 3.63) is 92.4 Å². The summed E-state index contributed by atoms with van der Waals surface area (Å²) in [5, 5.41) is 6.53. The highest BCUT2D eigenvalue weighted by Crippen LogP contribution is 2.35. The number of alkyl halides is 3. The second-order valence-electron chi connectivity index (χ2n) is 6.81. The monoisotopic (exact) mass is 583 g/mol. The summed E-state index contributed by atoms with van der Waals surface area (Å²) < 4.78 is 45.5. The van der Waals surface area contributed by atoms with Gasteiger partial charge in [-0.1, -0.05) is 36.4 Å². The number of nitrogens with zero attached hydrogens (tertiary/aromatic N) is 1. The van der Waals surface area contributed by atoms with Crippen molar-refractivity contribution in [1.29, 1.82) is 0 Å². The van der Waals surface area contributed by atoms with Crippen LogP contribution >= 0.6 is 31.9 Å². The zero-order chi connectivity index (χ0) is 23.8. The summed E-state index contributed by atoms with van der Waals surface area (Å²) in [6, 6.07) is 17.9. The minimum atomic E-state index is -4.45. The number of nitrogens with one attached hydrogen (secondary N) is 2. The van der Waals surface area contributed by atoms with Gasteiger partial charge < -0.3 is 10.1 Å². The third-order valence-corrected chi connectivity index (χ3v) is 5.47. The number of benzene rings is 3. The predicted octanol–water partition coefficient (Wildman–Crippen LogP) is 6.37. The molecular weight excluding hydrogens is 567 g/mol. The van der Waals surface area contributed by atoms with Crippen LogP contribution in [-0.2, 0) is 17.6 Å². The molecule has 0 aliphatic carbocycles. The van der Waals surface area contributed by atoms with Crippen molar-refractivity contribution >= 4 is 49.7 Å². The SMILES string of the molecule is O=C(CNc1cccc(C(F)(F)F)c1)N/N=C\c1cc(Br)c(OCc2ccccc2)c(Br)c1. The fourth-order valence-corrected chi connectivity index (χ4v) is 4.18. The molecule has 0 spiro atoms. The third-order valence-electron chi connectivity index (χ3n) is 4.29. The Balaban J connectivity index is 1.53. The van der Waals surface area contributed by atoms with Gasteiger partial charge in [-0.2, -0.15) is 18.3 Å². The first kappa shape index (κ1) is 24.8. The highest BCUT2D eigenvalue weighted by molar-refractivity contribution is 9.11. The van der Waals surface area contributed by atoms with Crippen molar-refractivity contribution in [3.63, 3.8) is 0 Å². The van der Waals surface area contributed by atoms with E-state index in [0.29, 0.717) is 26.9 Å². The van der Waals surface area contributed by atoms with Crippen LogP contribution in [0.3, 0.4) is 0 Å². The van der Waals surface area contributed by atoms with E-state index < -0.39 is 17.6 Å². The minimum Gasteiger partial charge on any atom is -0.487 e. The summed E-state index contributed by atoms with van der Waals surface area (Å²) in [6.07, 6.45) is -3.01. The molecule has 2 N–H and O–H groups in total. The van der Waals surface area contributed by atoms with Crippen molar-refractivity contribution in [2.75, 3.05) is 11.9 Å². The van der Waals surface area contributed by atoms with Crippen molar-refractivity contribution in [1.82, 2.24) is 5.43 Å². The normalized spacial score (nSPS) is 11.4. The zero-order valence-electron chi connectivity index (χ0n) is 17.0. The van der Waals surface area contributed by atoms with Gasteiger partial charge in [0.2, 0.25) is 0 Å². The smallest absolute Gasteiger partial charge is 0.416 e. The molecule has 0 saturated heterocycles. The molecule has 33 heavy (non-hydrogen) atoms. The van der Waals surface area contributed by atoms with E-state index in [1.54, 1.807) is 12.1 Å². The quantitative estimate of drug-likeness (QED) is 0.239. The Labute approximate surface area is 205 Å². The summed E-state index contributed by atoms with van der Waals surface area (Å²) in [6.45, 7) is 0.165. The van der Waals surface area contributed by atoms with E-state index in [2.05, 4.69) is 47.7 Å². The second-order valence-corrected chi connectivity index (χ2v) is 8.52. The summed E-state index contributed by atoms with van der Waals surface area (Å²) in [5.74, 6) is 0.120. The van der Waals surface area contributed by atoms with E-state index in [-0.39, 0.29) is 12.2 Å². The maximum Gasteiger partial charge on any atom is 0.416 e. The number of rotatable bonds is 8. The van der Waals surface area contributed by atoms with E-state index in [0.717, 1.165) is 17.7 Å². The van der Waals surface area contributed by atoms with Crippen LogP contribution in [0.25, 0.3) is 0 Å². The molecule has 0 bridgehead atoms. The van der Waals surface area contributed by atoms with Gasteiger partial charge in [-0.25, -0.2) is 5.43 Å². The van der Waals surface area contributed by atoms with E-state index in [1.807, 2.05) is 30.3 Å². The van der Waals surface area contributed by atoms with Crippen LogP contribution in [0.4, 0.5) is 18.9 Å². The van der Waals surface area contributed by atoms with Crippen molar-refractivity contribution in [2.24, 2.45) is 5.10 Å². The van der Waals surface area contributed by atoms with Gasteiger partial charge in [0.15, 0.2) is 0 Å². The lowest BCUT2D eigenvalue weighted by Gasteiger charge is -2.11. The Bertz CT molecular complexity index is 1120. The average molecular weight is 585 g/mol. The van der Waals surface area contributed by atoms with Gasteiger partial charge in [-0.15, -0.1) is 0 Å². The molecule has 0 aliphatic rings. The van der Waals surface area contributed by atoms with Crippen LogP contribution in [0, 0.1) is 0 Å². The van der Waals surface area contributed by atoms with Crippen molar-refractivity contribution in [3.8, 4) is 5.75 Å². The van der Waals surface area contributed by atoms with E-state index in [1.165, 1.54) is 18.3 Å². The fraction of sp³-hybridized carbons (Fsp3) is 0.130.